The number of carboxylic acid groups (broad SMARTS) is 1. The van der Waals surface area contributed by atoms with E-state index >= 15 is 0 Å². The number of rotatable bonds is 10. The van der Waals surface area contributed by atoms with E-state index in [1.807, 2.05) is 12.1 Å². The second kappa shape index (κ2) is 10.4. The number of hydrogen-bond donors (Lipinski definition) is 2. The Morgan fingerprint density at radius 2 is 1.85 bits per heavy atom. The van der Waals surface area contributed by atoms with Crippen molar-refractivity contribution in [1.29, 1.82) is 0 Å². The molecule has 2 rings (SSSR count). The maximum absolute atomic E-state index is 12.0. The number of carbonyl (C=O) groups is 2. The third kappa shape index (κ3) is 6.33. The molecule has 7 heteroatoms. The first-order valence-corrected chi connectivity index (χ1v) is 9.22. The van der Waals surface area contributed by atoms with Crippen LogP contribution in [0.1, 0.15) is 16.8 Å². The quantitative estimate of drug-likeness (QED) is 0.618. The number of benzene rings is 2. The van der Waals surface area contributed by atoms with E-state index in [1.54, 1.807) is 31.4 Å². The molecule has 1 amide bonds. The topological polar surface area (TPSA) is 84.9 Å². The van der Waals surface area contributed by atoms with Crippen LogP contribution >= 0.6 is 11.8 Å². The highest BCUT2D eigenvalue weighted by molar-refractivity contribution is 7.99. The summed E-state index contributed by atoms with van der Waals surface area (Å²) in [7, 11) is 1.56. The van der Waals surface area contributed by atoms with Gasteiger partial charge in [0.15, 0.2) is 0 Å². The molecule has 2 aromatic carbocycles. The molecule has 0 heterocycles. The number of carbonyl (C=O) groups excluding carboxylic acids is 1. The number of amides is 1. The van der Waals surface area contributed by atoms with Crippen molar-refractivity contribution in [3.05, 3.63) is 54.1 Å². The molecule has 2 aromatic rings. The van der Waals surface area contributed by atoms with Gasteiger partial charge in [0, 0.05) is 0 Å². The Bertz CT molecular complexity index is 733. The Balaban J connectivity index is 1.61. The second-order valence-electron chi connectivity index (χ2n) is 5.33. The molecule has 26 heavy (non-hydrogen) atoms. The minimum atomic E-state index is -0.959. The summed E-state index contributed by atoms with van der Waals surface area (Å²) in [6.45, 7) is 0.507. The van der Waals surface area contributed by atoms with E-state index in [1.165, 1.54) is 23.9 Å². The SMILES string of the molecule is COc1ccccc1NC(=O)CSCCCOc1ccc(C(=O)O)cc1. The maximum Gasteiger partial charge on any atom is 0.335 e. The summed E-state index contributed by atoms with van der Waals surface area (Å²) in [4.78, 5) is 22.7. The van der Waals surface area contributed by atoms with Gasteiger partial charge in [-0.25, -0.2) is 4.79 Å². The lowest BCUT2D eigenvalue weighted by Gasteiger charge is -2.09. The highest BCUT2D eigenvalue weighted by atomic mass is 32.2. The average Bonchev–Trinajstić information content (AvgIpc) is 2.65. The van der Waals surface area contributed by atoms with Gasteiger partial charge in [0.2, 0.25) is 5.91 Å². The number of nitrogens with one attached hydrogen (secondary N) is 1. The van der Waals surface area contributed by atoms with Crippen LogP contribution < -0.4 is 14.8 Å². The monoisotopic (exact) mass is 375 g/mol. The number of hydrogen-bond acceptors (Lipinski definition) is 5. The van der Waals surface area contributed by atoms with Gasteiger partial charge >= 0.3 is 5.97 Å². The Labute approximate surface area is 156 Å². The number of thioether (sulfide) groups is 1. The van der Waals surface area contributed by atoms with Crippen LogP contribution in [0.4, 0.5) is 5.69 Å². The summed E-state index contributed by atoms with van der Waals surface area (Å²) < 4.78 is 10.7. The lowest BCUT2D eigenvalue weighted by Crippen LogP contribution is -2.15. The fourth-order valence-electron chi connectivity index (χ4n) is 2.14. The molecule has 0 aliphatic heterocycles. The van der Waals surface area contributed by atoms with Gasteiger partial charge in [0.05, 0.1) is 30.7 Å². The van der Waals surface area contributed by atoms with E-state index in [2.05, 4.69) is 5.32 Å². The zero-order chi connectivity index (χ0) is 18.8. The normalized spacial score (nSPS) is 10.2. The van der Waals surface area contributed by atoms with Crippen molar-refractivity contribution in [3.8, 4) is 11.5 Å². The molecule has 6 nitrogen and oxygen atoms in total. The molecule has 0 saturated carbocycles. The Hall–Kier alpha value is -2.67. The van der Waals surface area contributed by atoms with Gasteiger partial charge in [-0.15, -0.1) is 0 Å². The first-order chi connectivity index (χ1) is 12.6. The molecule has 0 bridgehead atoms. The molecule has 0 aromatic heterocycles. The van der Waals surface area contributed by atoms with Gasteiger partial charge in [0.1, 0.15) is 11.5 Å². The third-order valence-corrected chi connectivity index (χ3v) is 4.46. The van der Waals surface area contributed by atoms with Crippen molar-refractivity contribution in [1.82, 2.24) is 0 Å². The molecule has 0 spiro atoms. The summed E-state index contributed by atoms with van der Waals surface area (Å²) in [5.41, 5.74) is 0.891. The standard InChI is InChI=1S/C19H21NO5S/c1-24-17-6-3-2-5-16(17)20-18(21)13-26-12-4-11-25-15-9-7-14(8-10-15)19(22)23/h2-3,5-10H,4,11-13H2,1H3,(H,20,21)(H,22,23). The van der Waals surface area contributed by atoms with Crippen LogP contribution in [0.3, 0.4) is 0 Å². The highest BCUT2D eigenvalue weighted by Gasteiger charge is 2.07. The number of anilines is 1. The van der Waals surface area contributed by atoms with E-state index < -0.39 is 5.97 Å². The molecule has 138 valence electrons. The van der Waals surface area contributed by atoms with Crippen LogP contribution in [-0.2, 0) is 4.79 Å². The average molecular weight is 375 g/mol. The van der Waals surface area contributed by atoms with Crippen molar-refractivity contribution in [2.45, 2.75) is 6.42 Å². The molecule has 0 aliphatic rings. The second-order valence-corrected chi connectivity index (χ2v) is 6.44. The molecule has 0 saturated heterocycles. The molecule has 2 N–H and O–H groups in total. The van der Waals surface area contributed by atoms with E-state index in [4.69, 9.17) is 14.6 Å². The summed E-state index contributed by atoms with van der Waals surface area (Å²) in [6, 6.07) is 13.6. The lowest BCUT2D eigenvalue weighted by molar-refractivity contribution is -0.113. The molecular formula is C19H21NO5S. The lowest BCUT2D eigenvalue weighted by atomic mass is 10.2. The summed E-state index contributed by atoms with van der Waals surface area (Å²) in [6.07, 6.45) is 0.785. The van der Waals surface area contributed by atoms with Crippen LogP contribution in [0, 0.1) is 0 Å². The van der Waals surface area contributed by atoms with Gasteiger partial charge in [-0.1, -0.05) is 12.1 Å². The molecule has 0 atom stereocenters. The van der Waals surface area contributed by atoms with Crippen LogP contribution in [0.5, 0.6) is 11.5 Å². The van der Waals surface area contributed by atoms with Crippen molar-refractivity contribution in [3.63, 3.8) is 0 Å². The summed E-state index contributed by atoms with van der Waals surface area (Å²) in [5, 5.41) is 11.7. The molecular weight excluding hydrogens is 354 g/mol. The zero-order valence-corrected chi connectivity index (χ0v) is 15.3. The Morgan fingerprint density at radius 1 is 1.12 bits per heavy atom. The van der Waals surface area contributed by atoms with Crippen molar-refractivity contribution in [2.75, 3.05) is 30.5 Å². The van der Waals surface area contributed by atoms with E-state index in [9.17, 15) is 9.59 Å². The number of methoxy groups -OCH3 is 1. The van der Waals surface area contributed by atoms with E-state index in [-0.39, 0.29) is 11.5 Å². The summed E-state index contributed by atoms with van der Waals surface area (Å²) in [5.74, 6) is 1.36. The van der Waals surface area contributed by atoms with Crippen LogP contribution in [0.2, 0.25) is 0 Å². The Kier molecular flexibility index (Phi) is 7.82. The Morgan fingerprint density at radius 3 is 2.54 bits per heavy atom. The largest absolute Gasteiger partial charge is 0.495 e. The number of aromatic carboxylic acids is 1. The highest BCUT2D eigenvalue weighted by Crippen LogP contribution is 2.23. The van der Waals surface area contributed by atoms with Gasteiger partial charge in [-0.2, -0.15) is 11.8 Å². The predicted molar refractivity (Wildman–Crippen MR) is 102 cm³/mol. The van der Waals surface area contributed by atoms with Crippen LogP contribution in [-0.4, -0.2) is 42.2 Å². The molecule has 0 unspecified atom stereocenters. The van der Waals surface area contributed by atoms with Gasteiger partial charge in [-0.3, -0.25) is 4.79 Å². The number of ether oxygens (including phenoxy) is 2. The van der Waals surface area contributed by atoms with E-state index in [0.717, 1.165) is 12.2 Å². The predicted octanol–water partition coefficient (Wildman–Crippen LogP) is 3.53. The van der Waals surface area contributed by atoms with E-state index in [0.29, 0.717) is 29.5 Å². The number of para-hydroxylation sites is 2. The van der Waals surface area contributed by atoms with Crippen molar-refractivity contribution in [2.24, 2.45) is 0 Å². The first kappa shape index (κ1) is 19.7. The number of carboxylic acids is 1. The van der Waals surface area contributed by atoms with Gasteiger partial charge in [0.25, 0.3) is 0 Å². The molecule has 0 fully saturated rings. The smallest absolute Gasteiger partial charge is 0.335 e. The minimum Gasteiger partial charge on any atom is -0.495 e. The van der Waals surface area contributed by atoms with Crippen LogP contribution in [0.15, 0.2) is 48.5 Å². The fourth-order valence-corrected chi connectivity index (χ4v) is 2.87. The minimum absolute atomic E-state index is 0.0790. The fraction of sp³-hybridized carbons (Fsp3) is 0.263. The van der Waals surface area contributed by atoms with Gasteiger partial charge < -0.3 is 19.9 Å². The van der Waals surface area contributed by atoms with Gasteiger partial charge in [-0.05, 0) is 48.6 Å². The first-order valence-electron chi connectivity index (χ1n) is 8.07. The third-order valence-electron chi connectivity index (χ3n) is 3.42. The van der Waals surface area contributed by atoms with Crippen molar-refractivity contribution < 1.29 is 24.2 Å². The molecule has 0 radical (unpaired) electrons. The zero-order valence-electron chi connectivity index (χ0n) is 14.4. The van der Waals surface area contributed by atoms with Crippen LogP contribution in [0.25, 0.3) is 0 Å². The maximum atomic E-state index is 12.0. The summed E-state index contributed by atoms with van der Waals surface area (Å²) >= 11 is 1.52. The van der Waals surface area contributed by atoms with Crippen molar-refractivity contribution >= 4 is 29.3 Å². The molecule has 0 aliphatic carbocycles.